The maximum atomic E-state index is 13.1. The number of hydrogen-bond acceptors (Lipinski definition) is 5. The molecule has 0 amide bonds. The number of piperidine rings is 1. The molecule has 0 bridgehead atoms. The third kappa shape index (κ3) is 5.94. The van der Waals surface area contributed by atoms with Crippen molar-refractivity contribution < 1.29 is 19.5 Å². The minimum absolute atomic E-state index is 0.0194. The van der Waals surface area contributed by atoms with E-state index >= 15 is 0 Å². The van der Waals surface area contributed by atoms with Crippen LogP contribution in [0.25, 0.3) is 10.9 Å². The third-order valence-corrected chi connectivity index (χ3v) is 8.07. The summed E-state index contributed by atoms with van der Waals surface area (Å²) in [4.78, 5) is 44.3. The zero-order valence-corrected chi connectivity index (χ0v) is 23.3. The molecule has 1 aromatic heterocycles. The Morgan fingerprint density at radius 2 is 1.26 bits per heavy atom. The van der Waals surface area contributed by atoms with Crippen LogP contribution in [0, 0.1) is 0 Å². The minimum atomic E-state index is -0.219. The van der Waals surface area contributed by atoms with E-state index in [9.17, 15) is 19.5 Å². The van der Waals surface area contributed by atoms with Gasteiger partial charge in [-0.3, -0.25) is 14.4 Å². The molecule has 5 aromatic rings. The van der Waals surface area contributed by atoms with E-state index in [-0.39, 0.29) is 36.3 Å². The Kier molecular flexibility index (Phi) is 7.80. The van der Waals surface area contributed by atoms with Gasteiger partial charge in [-0.25, -0.2) is 0 Å². The standard InChI is InChI=1S/C36H32N2O4/c39-31-17-20-38(21-18-31)30-14-12-26(13-15-30)33(40)22-24-4-8-28(9-5-24)36(42)29-10-6-25(7-11-29)23-34(41)32-3-1-2-27-16-19-37-35(27)32/h1-16,19,31,37,39H,17-18,20-23H2. The number of hydrogen-bond donors (Lipinski definition) is 2. The fraction of sp³-hybridized carbons (Fsp3) is 0.194. The first-order valence-electron chi connectivity index (χ1n) is 14.3. The number of aromatic amines is 1. The normalized spacial score (nSPS) is 13.8. The zero-order chi connectivity index (χ0) is 29.1. The number of carbonyl (C=O) groups excluding carboxylic acids is 3. The van der Waals surface area contributed by atoms with E-state index in [1.807, 2.05) is 79.0 Å². The minimum Gasteiger partial charge on any atom is -0.393 e. The molecule has 0 saturated carbocycles. The number of benzene rings is 4. The lowest BCUT2D eigenvalue weighted by Crippen LogP contribution is -2.35. The van der Waals surface area contributed by atoms with Crippen molar-refractivity contribution in [1.82, 2.24) is 4.98 Å². The Morgan fingerprint density at radius 1 is 0.690 bits per heavy atom. The highest BCUT2D eigenvalue weighted by Gasteiger charge is 2.18. The van der Waals surface area contributed by atoms with Crippen molar-refractivity contribution in [2.75, 3.05) is 18.0 Å². The number of nitrogens with zero attached hydrogens (tertiary/aromatic N) is 1. The van der Waals surface area contributed by atoms with Gasteiger partial charge in [-0.2, -0.15) is 0 Å². The van der Waals surface area contributed by atoms with Crippen LogP contribution in [0.2, 0.25) is 0 Å². The largest absolute Gasteiger partial charge is 0.393 e. The average Bonchev–Trinajstić information content (AvgIpc) is 3.51. The fourth-order valence-corrected chi connectivity index (χ4v) is 5.58. The maximum Gasteiger partial charge on any atom is 0.193 e. The molecule has 0 aliphatic carbocycles. The van der Waals surface area contributed by atoms with E-state index in [2.05, 4.69) is 9.88 Å². The summed E-state index contributed by atoms with van der Waals surface area (Å²) in [5.41, 5.74) is 6.00. The Morgan fingerprint density at radius 3 is 1.88 bits per heavy atom. The van der Waals surface area contributed by atoms with Crippen LogP contribution in [0.3, 0.4) is 0 Å². The number of fused-ring (bicyclic) bond motifs is 1. The van der Waals surface area contributed by atoms with Gasteiger partial charge in [0, 0.05) is 65.5 Å². The molecule has 1 fully saturated rings. The lowest BCUT2D eigenvalue weighted by atomic mass is 9.97. The molecular weight excluding hydrogens is 524 g/mol. The number of anilines is 1. The molecular formula is C36H32N2O4. The number of aromatic nitrogens is 1. The Labute approximate surface area is 244 Å². The topological polar surface area (TPSA) is 90.5 Å². The molecule has 0 unspecified atom stereocenters. The van der Waals surface area contributed by atoms with Crippen molar-refractivity contribution in [1.29, 1.82) is 0 Å². The highest BCUT2D eigenvalue weighted by atomic mass is 16.3. The summed E-state index contributed by atoms with van der Waals surface area (Å²) in [5, 5.41) is 10.7. The Balaban J connectivity index is 1.05. The van der Waals surface area contributed by atoms with Gasteiger partial charge in [0.15, 0.2) is 17.3 Å². The van der Waals surface area contributed by atoms with Gasteiger partial charge in [0.1, 0.15) is 0 Å². The lowest BCUT2D eigenvalue weighted by Gasteiger charge is -2.31. The molecule has 6 heteroatoms. The van der Waals surface area contributed by atoms with Crippen molar-refractivity contribution in [3.05, 3.63) is 137 Å². The summed E-state index contributed by atoms with van der Waals surface area (Å²) in [6, 6.07) is 29.6. The van der Waals surface area contributed by atoms with Crippen LogP contribution in [0.5, 0.6) is 0 Å². The monoisotopic (exact) mass is 556 g/mol. The van der Waals surface area contributed by atoms with Crippen LogP contribution in [0.1, 0.15) is 60.6 Å². The van der Waals surface area contributed by atoms with Crippen LogP contribution in [0.4, 0.5) is 5.69 Å². The second-order valence-corrected chi connectivity index (χ2v) is 10.9. The van der Waals surface area contributed by atoms with Crippen molar-refractivity contribution in [3.63, 3.8) is 0 Å². The van der Waals surface area contributed by atoms with Gasteiger partial charge in [0.05, 0.1) is 11.6 Å². The summed E-state index contributed by atoms with van der Waals surface area (Å²) in [5.74, 6) is -0.0685. The number of nitrogens with one attached hydrogen (secondary N) is 1. The van der Waals surface area contributed by atoms with Crippen molar-refractivity contribution >= 4 is 33.9 Å². The number of H-pyrrole nitrogens is 1. The van der Waals surface area contributed by atoms with Gasteiger partial charge in [0.2, 0.25) is 0 Å². The fourth-order valence-electron chi connectivity index (χ4n) is 5.58. The van der Waals surface area contributed by atoms with E-state index in [1.165, 1.54) is 0 Å². The van der Waals surface area contributed by atoms with Gasteiger partial charge in [0.25, 0.3) is 0 Å². The summed E-state index contributed by atoms with van der Waals surface area (Å²) in [6.45, 7) is 1.63. The van der Waals surface area contributed by atoms with Crippen LogP contribution < -0.4 is 4.90 Å². The molecule has 0 radical (unpaired) electrons. The van der Waals surface area contributed by atoms with Crippen LogP contribution >= 0.6 is 0 Å². The van der Waals surface area contributed by atoms with E-state index < -0.39 is 0 Å². The molecule has 42 heavy (non-hydrogen) atoms. The summed E-state index contributed by atoms with van der Waals surface area (Å²) < 4.78 is 0. The molecule has 4 aromatic carbocycles. The van der Waals surface area contributed by atoms with Crippen LogP contribution in [-0.2, 0) is 12.8 Å². The number of para-hydroxylation sites is 1. The second-order valence-electron chi connectivity index (χ2n) is 10.9. The summed E-state index contributed by atoms with van der Waals surface area (Å²) in [7, 11) is 0. The highest BCUT2D eigenvalue weighted by Crippen LogP contribution is 2.22. The first-order chi connectivity index (χ1) is 20.4. The molecule has 210 valence electrons. The van der Waals surface area contributed by atoms with E-state index in [0.717, 1.165) is 53.6 Å². The van der Waals surface area contributed by atoms with Gasteiger partial charge in [-0.15, -0.1) is 0 Å². The van der Waals surface area contributed by atoms with Crippen molar-refractivity contribution in [2.45, 2.75) is 31.8 Å². The van der Waals surface area contributed by atoms with E-state index in [0.29, 0.717) is 22.3 Å². The molecule has 2 heterocycles. The number of Topliss-reactive ketones (excluding diaryl/α,β-unsaturated/α-hetero) is 2. The van der Waals surface area contributed by atoms with Crippen molar-refractivity contribution in [3.8, 4) is 0 Å². The predicted molar refractivity (Wildman–Crippen MR) is 165 cm³/mol. The first kappa shape index (κ1) is 27.4. The van der Waals surface area contributed by atoms with Gasteiger partial charge in [-0.1, -0.05) is 60.7 Å². The Bertz CT molecular complexity index is 1730. The number of aliphatic hydroxyl groups excluding tert-OH is 1. The average molecular weight is 557 g/mol. The molecule has 0 atom stereocenters. The number of carbonyl (C=O) groups is 3. The number of aliphatic hydroxyl groups is 1. The molecule has 1 aliphatic heterocycles. The van der Waals surface area contributed by atoms with Gasteiger partial charge >= 0.3 is 0 Å². The SMILES string of the molecule is O=C(Cc1ccc(C(=O)c2ccc(CC(=O)c3cccc4cc[nH]c34)cc2)cc1)c1ccc(N2CCC(O)CC2)cc1. The first-order valence-corrected chi connectivity index (χ1v) is 14.3. The third-order valence-electron chi connectivity index (χ3n) is 8.07. The lowest BCUT2D eigenvalue weighted by molar-refractivity contribution is 0.0985. The molecule has 2 N–H and O–H groups in total. The van der Waals surface area contributed by atoms with Crippen LogP contribution in [-0.4, -0.2) is 46.6 Å². The van der Waals surface area contributed by atoms with E-state index in [4.69, 9.17) is 0 Å². The maximum absolute atomic E-state index is 13.1. The predicted octanol–water partition coefficient (Wildman–Crippen LogP) is 6.21. The van der Waals surface area contributed by atoms with Crippen molar-refractivity contribution in [2.24, 2.45) is 0 Å². The zero-order valence-electron chi connectivity index (χ0n) is 23.3. The van der Waals surface area contributed by atoms with Crippen LogP contribution in [0.15, 0.2) is 103 Å². The number of rotatable bonds is 9. The van der Waals surface area contributed by atoms with Gasteiger partial charge in [-0.05, 0) is 60.4 Å². The molecule has 6 nitrogen and oxygen atoms in total. The highest BCUT2D eigenvalue weighted by molar-refractivity contribution is 6.10. The van der Waals surface area contributed by atoms with E-state index in [1.54, 1.807) is 24.3 Å². The molecule has 6 rings (SSSR count). The smallest absolute Gasteiger partial charge is 0.193 e. The molecule has 0 spiro atoms. The Hall–Kier alpha value is -4.81. The number of ketones is 3. The molecule has 1 saturated heterocycles. The van der Waals surface area contributed by atoms with Gasteiger partial charge < -0.3 is 15.0 Å². The quantitative estimate of drug-likeness (QED) is 0.211. The second kappa shape index (κ2) is 12.0. The molecule has 1 aliphatic rings. The summed E-state index contributed by atoms with van der Waals surface area (Å²) in [6.07, 6.45) is 3.64. The summed E-state index contributed by atoms with van der Waals surface area (Å²) >= 11 is 0.